The molecule has 10 nitrogen and oxygen atoms in total. The molecule has 0 aliphatic carbocycles. The van der Waals surface area contributed by atoms with Crippen LogP contribution in [0, 0.1) is 0 Å². The second kappa shape index (κ2) is 7.92. The zero-order chi connectivity index (χ0) is 18.7. The molecule has 0 bridgehead atoms. The molecule has 3 heterocycles. The highest BCUT2D eigenvalue weighted by molar-refractivity contribution is 5.34. The molecule has 142 valence electrons. The molecule has 1 aliphatic rings. The van der Waals surface area contributed by atoms with Gasteiger partial charge in [-0.3, -0.25) is 9.69 Å². The molecule has 10 heteroatoms. The summed E-state index contributed by atoms with van der Waals surface area (Å²) in [5.74, 6) is 1.28. The van der Waals surface area contributed by atoms with Crippen LogP contribution >= 0.6 is 0 Å². The van der Waals surface area contributed by atoms with Crippen molar-refractivity contribution in [3.63, 3.8) is 0 Å². The number of hydrogen-bond donors (Lipinski definition) is 0. The van der Waals surface area contributed by atoms with Crippen LogP contribution < -0.4 is 10.5 Å². The van der Waals surface area contributed by atoms with E-state index in [-0.39, 0.29) is 17.7 Å². The second-order valence-corrected chi connectivity index (χ2v) is 6.91. The van der Waals surface area contributed by atoms with Gasteiger partial charge in [-0.2, -0.15) is 0 Å². The van der Waals surface area contributed by atoms with Crippen molar-refractivity contribution in [2.24, 2.45) is 7.05 Å². The molecule has 1 aliphatic heterocycles. The standard InChI is InChI=1S/C16H26N8O2/c1-12(2)24-14(18-19-20-24)11-23-7-8-26-13(10-23)9-22(4)15-16(25)21(3)6-5-17-15/h5-6,12-13H,7-11H2,1-4H3. The molecule has 2 aromatic heterocycles. The first-order chi connectivity index (χ1) is 12.5. The Hall–Kier alpha value is -2.33. The van der Waals surface area contributed by atoms with E-state index in [1.54, 1.807) is 19.4 Å². The molecule has 0 aromatic carbocycles. The lowest BCUT2D eigenvalue weighted by atomic mass is 10.2. The minimum atomic E-state index is -0.112. The molecule has 1 fully saturated rings. The van der Waals surface area contributed by atoms with Gasteiger partial charge in [0.05, 0.1) is 25.3 Å². The predicted molar refractivity (Wildman–Crippen MR) is 96.0 cm³/mol. The molecule has 1 saturated heterocycles. The Labute approximate surface area is 152 Å². The second-order valence-electron chi connectivity index (χ2n) is 6.91. The highest BCUT2D eigenvalue weighted by atomic mass is 16.5. The van der Waals surface area contributed by atoms with E-state index in [9.17, 15) is 4.79 Å². The molecule has 1 atom stereocenters. The van der Waals surface area contributed by atoms with E-state index in [2.05, 4.69) is 39.3 Å². The summed E-state index contributed by atoms with van der Waals surface area (Å²) in [6.07, 6.45) is 3.27. The SMILES string of the molecule is CC(C)n1nnnc1CN1CCOC(CN(C)c2nccn(C)c2=O)C1. The summed E-state index contributed by atoms with van der Waals surface area (Å²) in [6, 6.07) is 0.225. The van der Waals surface area contributed by atoms with Crippen LogP contribution in [0.3, 0.4) is 0 Å². The summed E-state index contributed by atoms with van der Waals surface area (Å²) in [5, 5.41) is 12.0. The van der Waals surface area contributed by atoms with E-state index >= 15 is 0 Å². The van der Waals surface area contributed by atoms with Gasteiger partial charge in [0.15, 0.2) is 11.6 Å². The predicted octanol–water partition coefficient (Wildman–Crippen LogP) is -0.315. The molecule has 0 amide bonds. The Morgan fingerprint density at radius 2 is 2.23 bits per heavy atom. The maximum absolute atomic E-state index is 12.2. The highest BCUT2D eigenvalue weighted by Crippen LogP contribution is 2.13. The third-order valence-corrected chi connectivity index (χ3v) is 4.48. The van der Waals surface area contributed by atoms with Crippen molar-refractivity contribution in [3.8, 4) is 0 Å². The zero-order valence-electron chi connectivity index (χ0n) is 15.7. The number of morpholine rings is 1. The van der Waals surface area contributed by atoms with Crippen molar-refractivity contribution in [2.45, 2.75) is 32.5 Å². The van der Waals surface area contributed by atoms with Crippen LogP contribution in [0.15, 0.2) is 17.2 Å². The lowest BCUT2D eigenvalue weighted by Crippen LogP contribution is -2.47. The van der Waals surface area contributed by atoms with Crippen molar-refractivity contribution < 1.29 is 4.74 Å². The Bertz CT molecular complexity index is 787. The van der Waals surface area contributed by atoms with Crippen LogP contribution in [-0.2, 0) is 18.3 Å². The molecule has 0 radical (unpaired) electrons. The molecule has 0 N–H and O–H groups in total. The number of aromatic nitrogens is 6. The van der Waals surface area contributed by atoms with Gasteiger partial charge in [-0.1, -0.05) is 0 Å². The normalized spacial score (nSPS) is 18.4. The monoisotopic (exact) mass is 362 g/mol. The fourth-order valence-electron chi connectivity index (χ4n) is 3.09. The van der Waals surface area contributed by atoms with E-state index < -0.39 is 0 Å². The summed E-state index contributed by atoms with van der Waals surface area (Å²) in [4.78, 5) is 20.6. The first-order valence-corrected chi connectivity index (χ1v) is 8.79. The summed E-state index contributed by atoms with van der Waals surface area (Å²) in [6.45, 7) is 7.62. The van der Waals surface area contributed by atoms with Crippen molar-refractivity contribution in [2.75, 3.05) is 38.2 Å². The Kier molecular flexibility index (Phi) is 5.62. The third kappa shape index (κ3) is 4.07. The molecule has 0 spiro atoms. The molecule has 26 heavy (non-hydrogen) atoms. The maximum atomic E-state index is 12.2. The van der Waals surface area contributed by atoms with Gasteiger partial charge in [-0.25, -0.2) is 9.67 Å². The minimum absolute atomic E-state index is 0.0103. The van der Waals surface area contributed by atoms with Crippen molar-refractivity contribution >= 4 is 5.82 Å². The van der Waals surface area contributed by atoms with E-state index in [1.165, 1.54) is 4.57 Å². The number of tetrazole rings is 1. The van der Waals surface area contributed by atoms with Gasteiger partial charge in [0.25, 0.3) is 5.56 Å². The van der Waals surface area contributed by atoms with Crippen LogP contribution in [0.25, 0.3) is 0 Å². The highest BCUT2D eigenvalue weighted by Gasteiger charge is 2.24. The number of likely N-dealkylation sites (N-methyl/N-ethyl adjacent to an activating group) is 1. The van der Waals surface area contributed by atoms with E-state index in [0.717, 1.165) is 18.9 Å². The van der Waals surface area contributed by atoms with Gasteiger partial charge >= 0.3 is 0 Å². The van der Waals surface area contributed by atoms with Crippen LogP contribution in [0.5, 0.6) is 0 Å². The number of anilines is 1. The molecular formula is C16H26N8O2. The van der Waals surface area contributed by atoms with E-state index in [1.807, 2.05) is 16.6 Å². The smallest absolute Gasteiger partial charge is 0.293 e. The molecule has 3 rings (SSSR count). The zero-order valence-corrected chi connectivity index (χ0v) is 15.7. The maximum Gasteiger partial charge on any atom is 0.293 e. The van der Waals surface area contributed by atoms with Gasteiger partial charge < -0.3 is 14.2 Å². The molecular weight excluding hydrogens is 336 g/mol. The molecule has 1 unspecified atom stereocenters. The van der Waals surface area contributed by atoms with Crippen molar-refractivity contribution in [3.05, 3.63) is 28.6 Å². The van der Waals surface area contributed by atoms with Crippen LogP contribution in [0.4, 0.5) is 5.82 Å². The summed E-state index contributed by atoms with van der Waals surface area (Å²) < 4.78 is 9.26. The summed E-state index contributed by atoms with van der Waals surface area (Å²) in [5.41, 5.74) is -0.112. The van der Waals surface area contributed by atoms with E-state index in [0.29, 0.717) is 25.5 Å². The Balaban J connectivity index is 1.62. The van der Waals surface area contributed by atoms with Crippen LogP contribution in [0.1, 0.15) is 25.7 Å². The first-order valence-electron chi connectivity index (χ1n) is 8.79. The lowest BCUT2D eigenvalue weighted by molar-refractivity contribution is -0.0277. The van der Waals surface area contributed by atoms with Gasteiger partial charge in [-0.05, 0) is 24.3 Å². The van der Waals surface area contributed by atoms with Gasteiger partial charge in [-0.15, -0.1) is 5.10 Å². The number of ether oxygens (including phenoxy) is 1. The summed E-state index contributed by atoms with van der Waals surface area (Å²) in [7, 11) is 3.59. The third-order valence-electron chi connectivity index (χ3n) is 4.48. The fraction of sp³-hybridized carbons (Fsp3) is 0.688. The lowest BCUT2D eigenvalue weighted by Gasteiger charge is -2.34. The quantitative estimate of drug-likeness (QED) is 0.690. The van der Waals surface area contributed by atoms with Gasteiger partial charge in [0, 0.05) is 46.1 Å². The van der Waals surface area contributed by atoms with Crippen molar-refractivity contribution in [1.82, 2.24) is 34.7 Å². The van der Waals surface area contributed by atoms with Crippen LogP contribution in [0.2, 0.25) is 0 Å². The minimum Gasteiger partial charge on any atom is -0.374 e. The number of aryl methyl sites for hydroxylation is 1. The first kappa shape index (κ1) is 18.5. The Morgan fingerprint density at radius 1 is 1.42 bits per heavy atom. The Morgan fingerprint density at radius 3 is 3.00 bits per heavy atom. The number of hydrogen-bond acceptors (Lipinski definition) is 8. The summed E-state index contributed by atoms with van der Waals surface area (Å²) >= 11 is 0. The van der Waals surface area contributed by atoms with Gasteiger partial charge in [0.2, 0.25) is 0 Å². The largest absolute Gasteiger partial charge is 0.374 e. The fourth-order valence-corrected chi connectivity index (χ4v) is 3.09. The topological polar surface area (TPSA) is 94.2 Å². The van der Waals surface area contributed by atoms with Crippen molar-refractivity contribution in [1.29, 1.82) is 0 Å². The van der Waals surface area contributed by atoms with E-state index in [4.69, 9.17) is 4.74 Å². The number of rotatable bonds is 6. The average molecular weight is 362 g/mol. The van der Waals surface area contributed by atoms with Crippen LogP contribution in [-0.4, -0.2) is 74.1 Å². The molecule has 2 aromatic rings. The number of nitrogens with zero attached hydrogens (tertiary/aromatic N) is 8. The molecule has 0 saturated carbocycles. The average Bonchev–Trinajstić information content (AvgIpc) is 3.06. The van der Waals surface area contributed by atoms with Gasteiger partial charge in [0.1, 0.15) is 0 Å².